The molecule has 3 aromatic heterocycles. The van der Waals surface area contributed by atoms with Crippen molar-refractivity contribution in [2.24, 2.45) is 0 Å². The van der Waals surface area contributed by atoms with E-state index in [-0.39, 0.29) is 37.3 Å². The number of thiazole rings is 1. The van der Waals surface area contributed by atoms with Crippen LogP contribution in [0.15, 0.2) is 24.5 Å². The summed E-state index contributed by atoms with van der Waals surface area (Å²) >= 11 is 1.14. The molecule has 186 valence electrons. The first-order chi connectivity index (χ1) is 17.4. The Balaban J connectivity index is 1.52. The minimum Gasteiger partial charge on any atom is -0.462 e. The van der Waals surface area contributed by atoms with Crippen molar-refractivity contribution in [2.75, 3.05) is 41.4 Å². The molecule has 0 atom stereocenters. The molecular formula is C23H24N8O4S. The van der Waals surface area contributed by atoms with E-state index < -0.39 is 5.97 Å². The van der Waals surface area contributed by atoms with Crippen LogP contribution < -0.4 is 20.4 Å². The number of amides is 2. The molecule has 0 unspecified atom stereocenters. The number of nitrogens with one attached hydrogen (secondary N) is 2. The van der Waals surface area contributed by atoms with Crippen LogP contribution in [0.5, 0.6) is 0 Å². The lowest BCUT2D eigenvalue weighted by Gasteiger charge is -2.29. The fourth-order valence-electron chi connectivity index (χ4n) is 4.11. The van der Waals surface area contributed by atoms with Crippen LogP contribution in [-0.4, -0.2) is 64.0 Å². The van der Waals surface area contributed by atoms with Gasteiger partial charge in [-0.1, -0.05) is 17.4 Å². The maximum absolute atomic E-state index is 13.0. The van der Waals surface area contributed by atoms with Crippen LogP contribution in [0.3, 0.4) is 0 Å². The molecule has 0 bridgehead atoms. The number of piperazine rings is 1. The van der Waals surface area contributed by atoms with Gasteiger partial charge in [0.15, 0.2) is 5.13 Å². The number of rotatable bonds is 7. The van der Waals surface area contributed by atoms with Gasteiger partial charge in [-0.15, -0.1) is 0 Å². The number of fused-ring (bicyclic) bond motifs is 1. The number of nitrogens with zero attached hydrogens (tertiary/aromatic N) is 6. The predicted octanol–water partition coefficient (Wildman–Crippen LogP) is 1.58. The molecule has 5 rings (SSSR count). The van der Waals surface area contributed by atoms with E-state index in [0.29, 0.717) is 52.5 Å². The van der Waals surface area contributed by atoms with E-state index in [1.807, 2.05) is 17.0 Å². The van der Waals surface area contributed by atoms with Gasteiger partial charge in [0.1, 0.15) is 16.5 Å². The molecule has 13 heteroatoms. The average molecular weight is 509 g/mol. The molecular weight excluding hydrogens is 484 g/mol. The van der Waals surface area contributed by atoms with Gasteiger partial charge in [-0.3, -0.25) is 24.8 Å². The molecule has 2 aliphatic rings. The molecule has 1 saturated heterocycles. The average Bonchev–Trinajstić information content (AvgIpc) is 3.38. The third-order valence-electron chi connectivity index (χ3n) is 5.73. The van der Waals surface area contributed by atoms with Crippen molar-refractivity contribution in [3.05, 3.63) is 46.2 Å². The van der Waals surface area contributed by atoms with Crippen LogP contribution in [0.4, 0.5) is 22.7 Å². The van der Waals surface area contributed by atoms with Crippen molar-refractivity contribution in [3.8, 4) is 0 Å². The van der Waals surface area contributed by atoms with Crippen LogP contribution in [0.1, 0.15) is 33.4 Å². The lowest BCUT2D eigenvalue weighted by Crippen LogP contribution is -2.48. The zero-order chi connectivity index (χ0) is 25.2. The van der Waals surface area contributed by atoms with Gasteiger partial charge in [-0.25, -0.2) is 9.78 Å². The molecule has 2 aliphatic heterocycles. The normalized spacial score (nSPS) is 15.1. The van der Waals surface area contributed by atoms with Crippen LogP contribution in [0.2, 0.25) is 0 Å². The summed E-state index contributed by atoms with van der Waals surface area (Å²) in [6, 6.07) is 3.71. The van der Waals surface area contributed by atoms with E-state index in [4.69, 9.17) is 4.74 Å². The molecule has 1 fully saturated rings. The zero-order valence-electron chi connectivity index (χ0n) is 19.8. The van der Waals surface area contributed by atoms with E-state index in [2.05, 4.69) is 30.6 Å². The molecule has 12 nitrogen and oxygen atoms in total. The van der Waals surface area contributed by atoms with Crippen molar-refractivity contribution in [1.29, 1.82) is 0 Å². The molecule has 36 heavy (non-hydrogen) atoms. The summed E-state index contributed by atoms with van der Waals surface area (Å²) in [6.07, 6.45) is 3.51. The molecule has 3 aromatic rings. The highest BCUT2D eigenvalue weighted by Crippen LogP contribution is 2.37. The van der Waals surface area contributed by atoms with E-state index in [1.54, 1.807) is 31.1 Å². The number of hydrogen-bond acceptors (Lipinski definition) is 11. The summed E-state index contributed by atoms with van der Waals surface area (Å²) in [4.78, 5) is 59.1. The predicted molar refractivity (Wildman–Crippen MR) is 132 cm³/mol. The summed E-state index contributed by atoms with van der Waals surface area (Å²) in [7, 11) is 0. The second-order valence-electron chi connectivity index (χ2n) is 8.24. The summed E-state index contributed by atoms with van der Waals surface area (Å²) < 4.78 is 5.10. The van der Waals surface area contributed by atoms with Crippen LogP contribution in [0, 0.1) is 6.92 Å². The van der Waals surface area contributed by atoms with Crippen LogP contribution in [0.25, 0.3) is 0 Å². The number of hydrogen-bond donors (Lipinski definition) is 2. The maximum Gasteiger partial charge on any atom is 0.350 e. The van der Waals surface area contributed by atoms with Gasteiger partial charge in [-0.2, -0.15) is 9.97 Å². The van der Waals surface area contributed by atoms with Crippen molar-refractivity contribution in [2.45, 2.75) is 26.8 Å². The standard InChI is InChI=1S/C23H24N8O4S/c1-3-35-21(34)18-13(2)26-23(36-18)29-22-27-19(30-8-7-25-16(32)12-30)15-9-17(33)31(20(15)28-22)11-14-5-4-6-24-10-14/h4-6,10H,3,7-9,11-12H2,1-2H3,(H,25,32)(H,26,27,28,29). The number of anilines is 4. The lowest BCUT2D eigenvalue weighted by atomic mass is 10.2. The zero-order valence-corrected chi connectivity index (χ0v) is 20.6. The molecule has 2 amide bonds. The number of ether oxygens (including phenoxy) is 1. The smallest absolute Gasteiger partial charge is 0.350 e. The Hall–Kier alpha value is -4.13. The second kappa shape index (κ2) is 9.85. The van der Waals surface area contributed by atoms with E-state index >= 15 is 0 Å². The Morgan fingerprint density at radius 2 is 2.08 bits per heavy atom. The summed E-state index contributed by atoms with van der Waals surface area (Å²) in [5.41, 5.74) is 2.07. The van der Waals surface area contributed by atoms with Gasteiger partial charge in [0, 0.05) is 31.0 Å². The Morgan fingerprint density at radius 1 is 1.25 bits per heavy atom. The number of pyridine rings is 1. The van der Waals surface area contributed by atoms with Gasteiger partial charge >= 0.3 is 5.97 Å². The van der Waals surface area contributed by atoms with Crippen molar-refractivity contribution in [1.82, 2.24) is 25.3 Å². The third kappa shape index (κ3) is 4.69. The van der Waals surface area contributed by atoms with Gasteiger partial charge in [0.05, 0.1) is 31.8 Å². The summed E-state index contributed by atoms with van der Waals surface area (Å²) in [6.45, 7) is 5.19. The van der Waals surface area contributed by atoms with Crippen LogP contribution >= 0.6 is 11.3 Å². The fourth-order valence-corrected chi connectivity index (χ4v) is 4.97. The van der Waals surface area contributed by atoms with Gasteiger partial charge < -0.3 is 15.0 Å². The summed E-state index contributed by atoms with van der Waals surface area (Å²) in [5, 5.41) is 6.31. The van der Waals surface area contributed by atoms with Gasteiger partial charge in [-0.05, 0) is 25.5 Å². The Labute approximate surface area is 210 Å². The van der Waals surface area contributed by atoms with Crippen LogP contribution in [-0.2, 0) is 27.3 Å². The van der Waals surface area contributed by atoms with Gasteiger partial charge in [0.25, 0.3) is 0 Å². The fraction of sp³-hybridized carbons (Fsp3) is 0.348. The molecule has 5 heterocycles. The Bertz CT molecular complexity index is 1330. The Kier molecular flexibility index (Phi) is 6.46. The summed E-state index contributed by atoms with van der Waals surface area (Å²) in [5.74, 6) is 0.542. The molecule has 0 saturated carbocycles. The minimum atomic E-state index is -0.441. The maximum atomic E-state index is 13.0. The highest BCUT2D eigenvalue weighted by atomic mass is 32.1. The van der Waals surface area contributed by atoms with Crippen molar-refractivity contribution < 1.29 is 19.1 Å². The number of aryl methyl sites for hydroxylation is 1. The highest BCUT2D eigenvalue weighted by Gasteiger charge is 2.35. The topological polar surface area (TPSA) is 143 Å². The number of carbonyl (C=O) groups is 3. The number of carbonyl (C=O) groups excluding carboxylic acids is 3. The lowest BCUT2D eigenvalue weighted by molar-refractivity contribution is -0.120. The van der Waals surface area contributed by atoms with E-state index in [9.17, 15) is 14.4 Å². The third-order valence-corrected chi connectivity index (χ3v) is 6.78. The monoisotopic (exact) mass is 508 g/mol. The van der Waals surface area contributed by atoms with Crippen molar-refractivity contribution >= 4 is 51.8 Å². The first-order valence-corrected chi connectivity index (χ1v) is 12.3. The Morgan fingerprint density at radius 3 is 2.83 bits per heavy atom. The SMILES string of the molecule is CCOC(=O)c1sc(Nc2nc(N3CCNC(=O)C3)c3c(n2)N(Cc2cccnc2)C(=O)C3)nc1C. The minimum absolute atomic E-state index is 0.113. The number of esters is 1. The molecule has 2 N–H and O–H groups in total. The molecule has 0 aliphatic carbocycles. The highest BCUT2D eigenvalue weighted by molar-refractivity contribution is 7.17. The van der Waals surface area contributed by atoms with Gasteiger partial charge in [0.2, 0.25) is 17.8 Å². The molecule has 0 radical (unpaired) electrons. The molecule has 0 spiro atoms. The first-order valence-electron chi connectivity index (χ1n) is 11.5. The first kappa shape index (κ1) is 23.6. The quantitative estimate of drug-likeness (QED) is 0.452. The van der Waals surface area contributed by atoms with E-state index in [0.717, 1.165) is 16.9 Å². The molecule has 0 aromatic carbocycles. The number of aromatic nitrogens is 4. The largest absolute Gasteiger partial charge is 0.462 e. The van der Waals surface area contributed by atoms with E-state index in [1.165, 1.54) is 0 Å². The van der Waals surface area contributed by atoms with Crippen molar-refractivity contribution in [3.63, 3.8) is 0 Å². The second-order valence-corrected chi connectivity index (χ2v) is 9.24.